The fraction of sp³-hybridized carbons (Fsp3) is 0.389. The number of esters is 1. The summed E-state index contributed by atoms with van der Waals surface area (Å²) in [7, 11) is -3.88. The molecule has 146 valence electrons. The topological polar surface area (TPSA) is 107 Å². The Hall–Kier alpha value is -2.52. The third-order valence-corrected chi connectivity index (χ3v) is 6.09. The average Bonchev–Trinajstić information content (AvgIpc) is 2.84. The molecule has 1 aromatic carbocycles. The number of benzene rings is 1. The normalized spacial score (nSPS) is 20.1. The third kappa shape index (κ3) is 5.24. The summed E-state index contributed by atoms with van der Waals surface area (Å²) in [6.45, 7) is 5.05. The number of non-ortho nitro benzene ring substituents is 1. The lowest BCUT2D eigenvalue weighted by Gasteiger charge is -2.27. The second kappa shape index (κ2) is 8.92. The molecule has 1 aliphatic rings. The van der Waals surface area contributed by atoms with Crippen LogP contribution in [0.3, 0.4) is 0 Å². The largest absolute Gasteiger partial charge is 0.458 e. The summed E-state index contributed by atoms with van der Waals surface area (Å²) >= 11 is 0. The number of nitrogens with zero attached hydrogens (tertiary/aromatic N) is 2. The van der Waals surface area contributed by atoms with E-state index in [-0.39, 0.29) is 29.2 Å². The minimum Gasteiger partial charge on any atom is -0.458 e. The maximum absolute atomic E-state index is 13.1. The highest BCUT2D eigenvalue weighted by Gasteiger charge is 2.31. The van der Waals surface area contributed by atoms with Crippen LogP contribution in [0, 0.1) is 10.1 Å². The maximum Gasteiger partial charge on any atom is 0.303 e. The standard InChI is InChI=1S/C18H22N2O6S/c1-3-13-19(15-5-4-6-17(10-7-15)26-14(2)21)27(24,25)18-11-8-16(9-12-18)20(22)23/h3,7-12,15,17H,1,4-6,13H2,2H3/t15-,17-/m1/s1. The lowest BCUT2D eigenvalue weighted by molar-refractivity contribution is -0.384. The Kier molecular flexibility index (Phi) is 6.86. The highest BCUT2D eigenvalue weighted by molar-refractivity contribution is 7.89. The van der Waals surface area contributed by atoms with Gasteiger partial charge in [0.15, 0.2) is 0 Å². The number of carbonyl (C=O) groups excluding carboxylic acids is 1. The molecule has 0 radical (unpaired) electrons. The molecule has 1 aliphatic carbocycles. The van der Waals surface area contributed by atoms with Crippen molar-refractivity contribution in [3.63, 3.8) is 0 Å². The van der Waals surface area contributed by atoms with Crippen molar-refractivity contribution in [1.82, 2.24) is 4.31 Å². The molecular formula is C18H22N2O6S. The first kappa shape index (κ1) is 20.8. The molecule has 8 nitrogen and oxygen atoms in total. The summed E-state index contributed by atoms with van der Waals surface area (Å²) in [5.41, 5.74) is -0.178. The molecule has 0 unspecified atom stereocenters. The number of carbonyl (C=O) groups is 1. The fourth-order valence-corrected chi connectivity index (χ4v) is 4.52. The smallest absolute Gasteiger partial charge is 0.303 e. The maximum atomic E-state index is 13.1. The van der Waals surface area contributed by atoms with Gasteiger partial charge in [-0.3, -0.25) is 14.9 Å². The number of nitro groups is 1. The van der Waals surface area contributed by atoms with Crippen molar-refractivity contribution in [1.29, 1.82) is 0 Å². The SMILES string of the molecule is C=CCN([C@H]1C=C[C@H](OC(C)=O)CCC1)S(=O)(=O)c1ccc([N+](=O)[O-])cc1. The first-order valence-electron chi connectivity index (χ1n) is 8.48. The summed E-state index contributed by atoms with van der Waals surface area (Å²) in [6, 6.07) is 4.36. The minimum atomic E-state index is -3.88. The zero-order chi connectivity index (χ0) is 20.0. The average molecular weight is 394 g/mol. The van der Waals surface area contributed by atoms with Crippen LogP contribution in [-0.2, 0) is 19.6 Å². The van der Waals surface area contributed by atoms with Crippen LogP contribution in [0.5, 0.6) is 0 Å². The molecule has 0 N–H and O–H groups in total. The van der Waals surface area contributed by atoms with Crippen LogP contribution in [-0.4, -0.2) is 42.3 Å². The lowest BCUT2D eigenvalue weighted by Crippen LogP contribution is -2.39. The van der Waals surface area contributed by atoms with E-state index in [0.29, 0.717) is 19.3 Å². The molecule has 9 heteroatoms. The van der Waals surface area contributed by atoms with Crippen molar-refractivity contribution in [3.8, 4) is 0 Å². The monoisotopic (exact) mass is 394 g/mol. The summed E-state index contributed by atoms with van der Waals surface area (Å²) in [5.74, 6) is -0.385. The molecule has 2 atom stereocenters. The van der Waals surface area contributed by atoms with Crippen molar-refractivity contribution in [2.24, 2.45) is 0 Å². The molecule has 0 heterocycles. The number of nitro benzene ring substituents is 1. The van der Waals surface area contributed by atoms with Gasteiger partial charge >= 0.3 is 5.97 Å². The number of hydrogen-bond acceptors (Lipinski definition) is 6. The van der Waals surface area contributed by atoms with Gasteiger partial charge in [0.2, 0.25) is 10.0 Å². The first-order valence-corrected chi connectivity index (χ1v) is 9.92. The lowest BCUT2D eigenvalue weighted by atomic mass is 10.1. The quantitative estimate of drug-likeness (QED) is 0.305. The van der Waals surface area contributed by atoms with E-state index in [2.05, 4.69) is 6.58 Å². The van der Waals surface area contributed by atoms with Gasteiger partial charge in [0.05, 0.1) is 9.82 Å². The predicted octanol–water partition coefficient (Wildman–Crippen LogP) is 2.81. The molecule has 0 bridgehead atoms. The van der Waals surface area contributed by atoms with Gasteiger partial charge in [0.25, 0.3) is 5.69 Å². The summed E-state index contributed by atoms with van der Waals surface area (Å²) in [4.78, 5) is 21.3. The van der Waals surface area contributed by atoms with Gasteiger partial charge in [-0.15, -0.1) is 6.58 Å². The molecule has 0 aliphatic heterocycles. The molecule has 0 aromatic heterocycles. The van der Waals surface area contributed by atoms with Crippen molar-refractivity contribution in [2.45, 2.75) is 43.2 Å². The molecule has 0 fully saturated rings. The van der Waals surface area contributed by atoms with Crippen LogP contribution in [0.15, 0.2) is 54.0 Å². The fourth-order valence-electron chi connectivity index (χ4n) is 2.94. The Bertz CT molecular complexity index is 832. The van der Waals surface area contributed by atoms with E-state index < -0.39 is 21.0 Å². The number of ether oxygens (including phenoxy) is 1. The van der Waals surface area contributed by atoms with Crippen LogP contribution >= 0.6 is 0 Å². The number of rotatable bonds is 7. The Labute approximate surface area is 158 Å². The van der Waals surface area contributed by atoms with Crippen molar-refractivity contribution in [2.75, 3.05) is 6.54 Å². The number of sulfonamides is 1. The molecule has 27 heavy (non-hydrogen) atoms. The van der Waals surface area contributed by atoms with Gasteiger partial charge in [-0.1, -0.05) is 12.2 Å². The number of hydrogen-bond donors (Lipinski definition) is 0. The van der Waals surface area contributed by atoms with E-state index in [4.69, 9.17) is 4.74 Å². The van der Waals surface area contributed by atoms with Gasteiger partial charge in [-0.05, 0) is 37.5 Å². The van der Waals surface area contributed by atoms with Crippen molar-refractivity contribution < 1.29 is 22.9 Å². The summed E-state index contributed by atoms with van der Waals surface area (Å²) in [6.07, 6.45) is 6.42. The van der Waals surface area contributed by atoms with E-state index in [1.807, 2.05) is 0 Å². The van der Waals surface area contributed by atoms with E-state index in [9.17, 15) is 23.3 Å². The first-order chi connectivity index (χ1) is 12.8. The van der Waals surface area contributed by atoms with Crippen molar-refractivity contribution >= 4 is 21.7 Å². The van der Waals surface area contributed by atoms with Crippen LogP contribution < -0.4 is 0 Å². The van der Waals surface area contributed by atoms with E-state index in [1.54, 1.807) is 12.2 Å². The third-order valence-electron chi connectivity index (χ3n) is 4.19. The van der Waals surface area contributed by atoms with Gasteiger partial charge in [-0.25, -0.2) is 8.42 Å². The molecule has 0 saturated heterocycles. The zero-order valence-corrected chi connectivity index (χ0v) is 15.8. The molecule has 0 amide bonds. The highest BCUT2D eigenvalue weighted by Crippen LogP contribution is 2.26. The molecule has 1 aromatic rings. The Morgan fingerprint density at radius 1 is 1.33 bits per heavy atom. The summed E-state index contributed by atoms with van der Waals surface area (Å²) < 4.78 is 32.6. The van der Waals surface area contributed by atoms with Gasteiger partial charge in [0.1, 0.15) is 6.10 Å². The van der Waals surface area contributed by atoms with E-state index in [1.165, 1.54) is 41.6 Å². The minimum absolute atomic E-state index is 0.0240. The molecule has 0 saturated carbocycles. The van der Waals surface area contributed by atoms with Crippen LogP contribution in [0.25, 0.3) is 0 Å². The molecule has 0 spiro atoms. The predicted molar refractivity (Wildman–Crippen MR) is 99.5 cm³/mol. The van der Waals surface area contributed by atoms with Gasteiger partial charge in [-0.2, -0.15) is 4.31 Å². The van der Waals surface area contributed by atoms with E-state index in [0.717, 1.165) is 0 Å². The Morgan fingerprint density at radius 3 is 2.56 bits per heavy atom. The second-order valence-electron chi connectivity index (χ2n) is 6.15. The Balaban J connectivity index is 2.30. The van der Waals surface area contributed by atoms with Crippen LogP contribution in [0.1, 0.15) is 26.2 Å². The summed E-state index contributed by atoms with van der Waals surface area (Å²) in [5, 5.41) is 10.8. The Morgan fingerprint density at radius 2 is 2.00 bits per heavy atom. The van der Waals surface area contributed by atoms with Gasteiger partial charge in [0, 0.05) is 31.6 Å². The van der Waals surface area contributed by atoms with Gasteiger partial charge < -0.3 is 4.74 Å². The van der Waals surface area contributed by atoms with E-state index >= 15 is 0 Å². The van der Waals surface area contributed by atoms with Crippen molar-refractivity contribution in [3.05, 3.63) is 59.2 Å². The molecule has 2 rings (SSSR count). The van der Waals surface area contributed by atoms with Crippen LogP contribution in [0.2, 0.25) is 0 Å². The van der Waals surface area contributed by atoms with Crippen LogP contribution in [0.4, 0.5) is 5.69 Å². The zero-order valence-electron chi connectivity index (χ0n) is 15.0. The highest BCUT2D eigenvalue weighted by atomic mass is 32.2. The molecular weight excluding hydrogens is 372 g/mol. The second-order valence-corrected chi connectivity index (χ2v) is 8.04.